The van der Waals surface area contributed by atoms with Crippen molar-refractivity contribution in [1.82, 2.24) is 0 Å². The molecule has 0 aliphatic heterocycles. The zero-order chi connectivity index (χ0) is 9.84. The zero-order valence-corrected chi connectivity index (χ0v) is 9.55. The molecule has 1 aromatic carbocycles. The van der Waals surface area contributed by atoms with Gasteiger partial charge in [-0.3, -0.25) is 0 Å². The number of rotatable bonds is 3. The lowest BCUT2D eigenvalue weighted by molar-refractivity contribution is -0.109. The molecule has 0 N–H and O–H groups in total. The van der Waals surface area contributed by atoms with Gasteiger partial charge in [-0.15, -0.1) is 0 Å². The Labute approximate surface area is 91.2 Å². The molecule has 2 atom stereocenters. The second-order valence-electron chi connectivity index (χ2n) is 2.89. The summed E-state index contributed by atoms with van der Waals surface area (Å²) in [5.41, 5.74) is 0.990. The third-order valence-electron chi connectivity index (χ3n) is 1.90. The summed E-state index contributed by atoms with van der Waals surface area (Å²) in [6.07, 6.45) is 0.947. The molecule has 0 amide bonds. The number of carbonyl (C=O) groups excluding carboxylic acids is 1. The molecule has 1 nitrogen and oxygen atoms in total. The van der Waals surface area contributed by atoms with Gasteiger partial charge < -0.3 is 4.79 Å². The molecule has 0 bridgehead atoms. The average Bonchev–Trinajstić information content (AvgIpc) is 2.09. The van der Waals surface area contributed by atoms with Gasteiger partial charge in [0.15, 0.2) is 0 Å². The predicted molar refractivity (Wildman–Crippen MR) is 58.6 cm³/mol. The Hall–Kier alpha value is -0.340. The first kappa shape index (κ1) is 10.7. The zero-order valence-electron chi connectivity index (χ0n) is 7.21. The van der Waals surface area contributed by atoms with Gasteiger partial charge in [-0.1, -0.05) is 46.6 Å². The molecule has 13 heavy (non-hydrogen) atoms. The summed E-state index contributed by atoms with van der Waals surface area (Å²) >= 11 is 9.13. The lowest BCUT2D eigenvalue weighted by Crippen LogP contribution is -2.09. The highest BCUT2D eigenvalue weighted by molar-refractivity contribution is 9.09. The maximum absolute atomic E-state index is 10.8. The number of benzene rings is 1. The molecule has 0 aromatic heterocycles. The first-order valence-corrected chi connectivity index (χ1v) is 5.29. The van der Waals surface area contributed by atoms with Crippen molar-refractivity contribution < 1.29 is 4.79 Å². The molecule has 0 saturated heterocycles. The summed E-state index contributed by atoms with van der Waals surface area (Å²) in [5.74, 6) is -0.0998. The number of hydrogen-bond acceptors (Lipinski definition) is 1. The minimum Gasteiger partial charge on any atom is -0.303 e. The van der Waals surface area contributed by atoms with Crippen LogP contribution in [0, 0.1) is 0 Å². The summed E-state index contributed by atoms with van der Waals surface area (Å²) in [6.45, 7) is 1.95. The maximum Gasteiger partial charge on any atom is 0.128 e. The highest BCUT2D eigenvalue weighted by Crippen LogP contribution is 2.23. The van der Waals surface area contributed by atoms with E-state index in [1.165, 1.54) is 0 Å². The van der Waals surface area contributed by atoms with Crippen molar-refractivity contribution in [3.63, 3.8) is 0 Å². The fraction of sp³-hybridized carbons (Fsp3) is 0.300. The van der Waals surface area contributed by atoms with Crippen molar-refractivity contribution in [3.05, 3.63) is 34.9 Å². The number of carbonyl (C=O) groups is 1. The monoisotopic (exact) mass is 260 g/mol. The number of alkyl halides is 1. The SMILES string of the molecule is CC(Br)C(C=O)c1ccc(Cl)cc1. The Morgan fingerprint density at radius 1 is 1.38 bits per heavy atom. The topological polar surface area (TPSA) is 17.1 Å². The largest absolute Gasteiger partial charge is 0.303 e. The predicted octanol–water partition coefficient (Wildman–Crippen LogP) is 3.41. The second-order valence-corrected chi connectivity index (χ2v) is 4.77. The van der Waals surface area contributed by atoms with Crippen LogP contribution in [0.25, 0.3) is 0 Å². The molecule has 3 heteroatoms. The van der Waals surface area contributed by atoms with Crippen molar-refractivity contribution in [2.45, 2.75) is 17.7 Å². The quantitative estimate of drug-likeness (QED) is 0.602. The number of hydrogen-bond donors (Lipinski definition) is 0. The van der Waals surface area contributed by atoms with Crippen LogP contribution in [0.4, 0.5) is 0 Å². The van der Waals surface area contributed by atoms with Crippen LogP contribution in [0.5, 0.6) is 0 Å². The van der Waals surface area contributed by atoms with Gasteiger partial charge in [0.25, 0.3) is 0 Å². The van der Waals surface area contributed by atoms with Crippen molar-refractivity contribution >= 4 is 33.8 Å². The van der Waals surface area contributed by atoms with Crippen LogP contribution >= 0.6 is 27.5 Å². The molecule has 0 heterocycles. The van der Waals surface area contributed by atoms with Gasteiger partial charge in [0.2, 0.25) is 0 Å². The van der Waals surface area contributed by atoms with Gasteiger partial charge in [0, 0.05) is 9.85 Å². The third-order valence-corrected chi connectivity index (χ3v) is 2.72. The normalized spacial score (nSPS) is 15.0. The van der Waals surface area contributed by atoms with E-state index in [1.54, 1.807) is 12.1 Å². The van der Waals surface area contributed by atoms with Gasteiger partial charge in [-0.2, -0.15) is 0 Å². The van der Waals surface area contributed by atoms with Gasteiger partial charge in [0.05, 0.1) is 5.92 Å². The summed E-state index contributed by atoms with van der Waals surface area (Å²) in [7, 11) is 0. The van der Waals surface area contributed by atoms with Gasteiger partial charge in [-0.25, -0.2) is 0 Å². The molecule has 0 radical (unpaired) electrons. The number of halogens is 2. The summed E-state index contributed by atoms with van der Waals surface area (Å²) in [4.78, 5) is 10.9. The second kappa shape index (κ2) is 4.77. The van der Waals surface area contributed by atoms with Crippen LogP contribution in [-0.2, 0) is 4.79 Å². The Morgan fingerprint density at radius 3 is 2.31 bits per heavy atom. The molecule has 0 fully saturated rings. The molecule has 1 aromatic rings. The van der Waals surface area contributed by atoms with Crippen LogP contribution in [-0.4, -0.2) is 11.1 Å². The van der Waals surface area contributed by atoms with Crippen molar-refractivity contribution in [2.75, 3.05) is 0 Å². The minimum absolute atomic E-state index is 0.0998. The van der Waals surface area contributed by atoms with Gasteiger partial charge in [-0.05, 0) is 17.7 Å². The van der Waals surface area contributed by atoms with E-state index in [1.807, 2.05) is 19.1 Å². The Bertz CT molecular complexity index is 281. The molecule has 0 spiro atoms. The van der Waals surface area contributed by atoms with Gasteiger partial charge >= 0.3 is 0 Å². The van der Waals surface area contributed by atoms with E-state index in [9.17, 15) is 4.79 Å². The first-order chi connectivity index (χ1) is 6.15. The van der Waals surface area contributed by atoms with Crippen molar-refractivity contribution in [1.29, 1.82) is 0 Å². The lowest BCUT2D eigenvalue weighted by atomic mass is 9.98. The number of aldehydes is 1. The van der Waals surface area contributed by atoms with Gasteiger partial charge in [0.1, 0.15) is 6.29 Å². The lowest BCUT2D eigenvalue weighted by Gasteiger charge is -2.12. The van der Waals surface area contributed by atoms with Crippen LogP contribution < -0.4 is 0 Å². The molecule has 0 aliphatic carbocycles. The highest BCUT2D eigenvalue weighted by atomic mass is 79.9. The first-order valence-electron chi connectivity index (χ1n) is 4.00. The van der Waals surface area contributed by atoms with Crippen LogP contribution in [0.3, 0.4) is 0 Å². The summed E-state index contributed by atoms with van der Waals surface area (Å²) in [6, 6.07) is 7.34. The van der Waals surface area contributed by atoms with E-state index < -0.39 is 0 Å². The fourth-order valence-electron chi connectivity index (χ4n) is 1.14. The Balaban J connectivity index is 2.92. The molecule has 1 rings (SSSR count). The Kier molecular flexibility index (Phi) is 3.94. The highest BCUT2D eigenvalue weighted by Gasteiger charge is 2.15. The van der Waals surface area contributed by atoms with E-state index in [2.05, 4.69) is 15.9 Å². The summed E-state index contributed by atoms with van der Waals surface area (Å²) in [5, 5.41) is 0.690. The molecule has 0 saturated carbocycles. The van der Waals surface area contributed by atoms with E-state index in [0.717, 1.165) is 11.8 Å². The van der Waals surface area contributed by atoms with E-state index in [-0.39, 0.29) is 10.7 Å². The van der Waals surface area contributed by atoms with Crippen LogP contribution in [0.2, 0.25) is 5.02 Å². The standard InChI is InChI=1S/C10H10BrClO/c1-7(11)10(6-13)8-2-4-9(12)5-3-8/h2-7,10H,1H3. The van der Waals surface area contributed by atoms with E-state index in [0.29, 0.717) is 5.02 Å². The van der Waals surface area contributed by atoms with Crippen molar-refractivity contribution in [2.24, 2.45) is 0 Å². The third kappa shape index (κ3) is 2.82. The van der Waals surface area contributed by atoms with Crippen molar-refractivity contribution in [3.8, 4) is 0 Å². The molecule has 70 valence electrons. The van der Waals surface area contributed by atoms with Crippen LogP contribution in [0.1, 0.15) is 18.4 Å². The van der Waals surface area contributed by atoms with E-state index >= 15 is 0 Å². The molecular weight excluding hydrogens is 251 g/mol. The Morgan fingerprint density at radius 2 is 1.92 bits per heavy atom. The maximum atomic E-state index is 10.8. The molecule has 0 aliphatic rings. The summed E-state index contributed by atoms with van der Waals surface area (Å²) < 4.78 is 0. The molecule has 2 unspecified atom stereocenters. The minimum atomic E-state index is -0.0998. The smallest absolute Gasteiger partial charge is 0.128 e. The van der Waals surface area contributed by atoms with E-state index in [4.69, 9.17) is 11.6 Å². The fourth-order valence-corrected chi connectivity index (χ4v) is 1.69. The molecular formula is C10H10BrClO. The average molecular weight is 262 g/mol. The van der Waals surface area contributed by atoms with Crippen LogP contribution in [0.15, 0.2) is 24.3 Å².